The van der Waals surface area contributed by atoms with Crippen LogP contribution in [0.5, 0.6) is 0 Å². The van der Waals surface area contributed by atoms with Gasteiger partial charge in [-0.3, -0.25) is 27.2 Å². The van der Waals surface area contributed by atoms with Gasteiger partial charge in [0.1, 0.15) is 37.0 Å². The molecule has 11 aromatic rings. The lowest BCUT2D eigenvalue weighted by Crippen LogP contribution is -2.17. The van der Waals surface area contributed by atoms with E-state index >= 15 is 0 Å². The average Bonchev–Trinajstić information content (AvgIpc) is 1.85. The number of hydrogen-bond donors (Lipinski definition) is 4. The van der Waals surface area contributed by atoms with Gasteiger partial charge in [0.25, 0.3) is 11.8 Å². The van der Waals surface area contributed by atoms with E-state index in [4.69, 9.17) is 95.2 Å². The van der Waals surface area contributed by atoms with Gasteiger partial charge in [0.2, 0.25) is 23.1 Å². The molecule has 93 heavy (non-hydrogen) atoms. The molecule has 0 radical (unpaired) electrons. The summed E-state index contributed by atoms with van der Waals surface area (Å²) in [5.74, 6) is -3.12. The minimum Gasteiger partial charge on any atom is -0.477 e. The van der Waals surface area contributed by atoms with Crippen molar-refractivity contribution in [2.45, 2.75) is 14.4 Å². The largest absolute Gasteiger partial charge is 0.477 e. The van der Waals surface area contributed by atoms with Gasteiger partial charge in [0, 0.05) is 30.5 Å². The number of esters is 4. The van der Waals surface area contributed by atoms with Crippen LogP contribution in [-0.2, 0) is 18.9 Å². The molecule has 2 amide bonds. The van der Waals surface area contributed by atoms with E-state index in [0.29, 0.717) is 33.6 Å². The number of halogens is 9. The molecule has 8 aromatic heterocycles. The van der Waals surface area contributed by atoms with E-state index in [-0.39, 0.29) is 101 Å². The van der Waals surface area contributed by atoms with Crippen molar-refractivity contribution in [3.05, 3.63) is 199 Å². The van der Waals surface area contributed by atoms with Crippen molar-refractivity contribution in [1.29, 1.82) is 5.26 Å². The summed E-state index contributed by atoms with van der Waals surface area (Å²) in [4.78, 5) is 114. The Labute approximate surface area is 579 Å². The molecule has 0 unspecified atom stereocenters. The number of nitrogen functional groups attached to an aromatic ring is 1. The van der Waals surface area contributed by atoms with Crippen LogP contribution in [0.3, 0.4) is 0 Å². The lowest BCUT2D eigenvalue weighted by Gasteiger charge is -2.11. The minimum absolute atomic E-state index is 0. The maximum absolute atomic E-state index is 12.5. The molecule has 0 fully saturated rings. The van der Waals surface area contributed by atoms with Crippen LogP contribution in [0.2, 0.25) is 30.1 Å². The zero-order valence-corrected chi connectivity index (χ0v) is 56.1. The molecule has 0 aliphatic carbocycles. The first-order valence-corrected chi connectivity index (χ1v) is 29.7. The van der Waals surface area contributed by atoms with Crippen LogP contribution in [0, 0.1) is 11.3 Å². The fraction of sp³-hybridized carbons (Fsp3) is 0.107. The molecule has 28 nitrogen and oxygen atoms in total. The van der Waals surface area contributed by atoms with Crippen LogP contribution in [0.25, 0.3) is 23.1 Å². The van der Waals surface area contributed by atoms with Crippen LogP contribution >= 0.6 is 117 Å². The van der Waals surface area contributed by atoms with Gasteiger partial charge in [-0.15, -0.1) is 0 Å². The van der Waals surface area contributed by atoms with E-state index in [1.807, 2.05) is 6.07 Å². The fourth-order valence-corrected chi connectivity index (χ4v) is 9.38. The van der Waals surface area contributed by atoms with Gasteiger partial charge < -0.3 is 40.4 Å². The number of nitrogens with two attached hydrogens (primary N) is 1. The highest BCUT2D eigenvalue weighted by Gasteiger charge is 2.22. The van der Waals surface area contributed by atoms with Gasteiger partial charge in [-0.1, -0.05) is 77.0 Å². The van der Waals surface area contributed by atoms with Crippen molar-refractivity contribution in [2.75, 3.05) is 44.3 Å². The summed E-state index contributed by atoms with van der Waals surface area (Å²) < 4.78 is 27.4. The van der Waals surface area contributed by atoms with E-state index in [1.54, 1.807) is 63.4 Å². The van der Waals surface area contributed by atoms with Crippen molar-refractivity contribution >= 4 is 199 Å². The summed E-state index contributed by atoms with van der Waals surface area (Å²) in [6.45, 7) is 2.09. The van der Waals surface area contributed by atoms with Gasteiger partial charge in [0.05, 0.1) is 111 Å². The maximum Gasteiger partial charge on any atom is 0.357 e. The van der Waals surface area contributed by atoms with Gasteiger partial charge in [-0.25, -0.2) is 63.8 Å². The summed E-state index contributed by atoms with van der Waals surface area (Å²) in [6.07, 6.45) is 12.6. The van der Waals surface area contributed by atoms with Crippen molar-refractivity contribution in [2.24, 2.45) is 0 Å². The normalized spacial score (nSPS) is 10.3. The Morgan fingerprint density at radius 2 is 0.849 bits per heavy atom. The molecule has 37 heteroatoms. The molecule has 0 saturated heterocycles. The molecule has 3 aromatic carbocycles. The zero-order valence-electron chi connectivity index (χ0n) is 46.8. The molecule has 0 spiro atoms. The number of aromatic carboxylic acids is 1. The molecule has 11 rings (SSSR count). The molecule has 0 aliphatic heterocycles. The summed E-state index contributed by atoms with van der Waals surface area (Å²) in [6, 6.07) is 16.0. The van der Waals surface area contributed by atoms with E-state index in [1.165, 1.54) is 92.7 Å². The third-order valence-electron chi connectivity index (χ3n) is 11.6. The molecule has 0 bridgehead atoms. The second-order valence-corrected chi connectivity index (χ2v) is 22.2. The number of carbonyl (C=O) groups is 7. The number of nitrogens with zero attached hydrogens (tertiary/aromatic N) is 13. The SMILES string of the molecule is C.CCOC(=O)c1ccn2c(Br)cnc2n1.COC(=O)c1cc(Cl)c(Cl)cc1N.COC(=O)c1cc(Cl)c(Cl)cc1NC(=O)c1ccn2c(Br)cnc2n1.COC(=O)c1cc(Cl)c(Cl)cc1NC(=O)c1ccn2c(C#N)cnc2n1.O=C(O)c1ccn2c(Br)cnc2n1. The van der Waals surface area contributed by atoms with Crippen molar-refractivity contribution in [3.63, 3.8) is 0 Å². The smallest absolute Gasteiger partial charge is 0.357 e. The number of carboxylic acids is 1. The Balaban J connectivity index is 0.000000190. The Morgan fingerprint density at radius 3 is 1.26 bits per heavy atom. The van der Waals surface area contributed by atoms with Crippen LogP contribution in [0.1, 0.15) is 93.1 Å². The number of nitrogens with one attached hydrogen (secondary N) is 2. The van der Waals surface area contributed by atoms with Crippen molar-refractivity contribution in [1.82, 2.24) is 57.5 Å². The first kappa shape index (κ1) is 73.0. The predicted octanol–water partition coefficient (Wildman–Crippen LogP) is 12.6. The number of fused-ring (bicyclic) bond motifs is 4. The lowest BCUT2D eigenvalue weighted by molar-refractivity contribution is 0.0516. The summed E-state index contributed by atoms with van der Waals surface area (Å²) >= 11 is 45.0. The quantitative estimate of drug-likeness (QED) is 0.0561. The van der Waals surface area contributed by atoms with Gasteiger partial charge in [0.15, 0.2) is 11.4 Å². The number of ether oxygens (including phenoxy) is 4. The lowest BCUT2D eigenvalue weighted by atomic mass is 10.1. The number of imidazole rings is 4. The van der Waals surface area contributed by atoms with Crippen molar-refractivity contribution in [3.8, 4) is 6.07 Å². The fourth-order valence-electron chi connectivity index (χ4n) is 7.25. The number of nitriles is 1. The molecule has 0 aliphatic rings. The minimum atomic E-state index is -1.05. The number of benzene rings is 3. The number of amides is 2. The zero-order chi connectivity index (χ0) is 67.2. The highest BCUT2D eigenvalue weighted by atomic mass is 79.9. The molecule has 0 atom stereocenters. The van der Waals surface area contributed by atoms with Gasteiger partial charge >= 0.3 is 29.8 Å². The first-order chi connectivity index (χ1) is 43.8. The highest BCUT2D eigenvalue weighted by Crippen LogP contribution is 2.32. The topological polar surface area (TPSA) is 371 Å². The Hall–Kier alpha value is -9.10. The molecular formula is C56H41Br3Cl6N16O12. The number of carboxylic acid groups (broad SMARTS) is 1. The standard InChI is InChI=1S/C16H9Cl2N5O3.C15H9BrCl2N4O3.C9H8BrN3O2.C8H7Cl2NO2.C7H4BrN3O2.CH4/c1-26-15(25)9-4-10(17)11(18)5-13(9)21-14(24)12-2-3-23-8(6-19)7-20-16(23)22-12;1-25-14(24)7-4-8(17)9(18)5-11(7)20-13(23)10-2-3-22-12(16)6-19-15(22)21-10;1-2-15-8(14)6-3-4-13-7(10)5-11-9(13)12-6;1-13-8(12)4-2-5(9)6(10)3-7(4)11;8-5-3-9-7-10-4(6(12)13)1-2-11(5)7;/h2-5,7H,1H3,(H,21,24);2-6H,1H3,(H,20,23);3-5H,2H2,1H3;2-3H,11H2,1H3;1-3H,(H,12,13);1H4. The summed E-state index contributed by atoms with van der Waals surface area (Å²) in [5.41, 5.74) is 7.11. The second kappa shape index (κ2) is 33.0. The second-order valence-electron chi connectivity index (χ2n) is 17.3. The van der Waals surface area contributed by atoms with Crippen LogP contribution in [0.15, 0.2) is 124 Å². The van der Waals surface area contributed by atoms with Crippen molar-refractivity contribution < 1.29 is 57.6 Å². The maximum atomic E-state index is 12.5. The molecule has 480 valence electrons. The van der Waals surface area contributed by atoms with Gasteiger partial charge in [-0.2, -0.15) is 5.26 Å². The number of methoxy groups -OCH3 is 3. The number of hydrogen-bond acceptors (Lipinski definition) is 21. The third kappa shape index (κ3) is 17.9. The highest BCUT2D eigenvalue weighted by molar-refractivity contribution is 9.11. The Kier molecular flexibility index (Phi) is 25.9. The molecule has 5 N–H and O–H groups in total. The van der Waals surface area contributed by atoms with E-state index < -0.39 is 41.7 Å². The van der Waals surface area contributed by atoms with Crippen LogP contribution < -0.4 is 16.4 Å². The van der Waals surface area contributed by atoms with E-state index in [9.17, 15) is 33.6 Å². The monoisotopic (exact) mass is 1580 g/mol. The number of anilines is 3. The van der Waals surface area contributed by atoms with Gasteiger partial charge in [-0.05, 0) is 115 Å². The van der Waals surface area contributed by atoms with Crippen LogP contribution in [0.4, 0.5) is 17.1 Å². The molecular weight excluding hydrogens is 1540 g/mol. The molecule has 8 heterocycles. The number of rotatable bonds is 10. The predicted molar refractivity (Wildman–Crippen MR) is 353 cm³/mol. The number of carbonyl (C=O) groups excluding carboxylic acids is 6. The summed E-state index contributed by atoms with van der Waals surface area (Å²) in [7, 11) is 3.70. The van der Waals surface area contributed by atoms with Crippen LogP contribution in [-0.4, -0.2) is 132 Å². The molecule has 0 saturated carbocycles. The number of aromatic nitrogens is 12. The van der Waals surface area contributed by atoms with E-state index in [2.05, 4.69) is 108 Å². The third-order valence-corrected chi connectivity index (χ3v) is 15.5. The Morgan fingerprint density at radius 1 is 0.516 bits per heavy atom. The summed E-state index contributed by atoms with van der Waals surface area (Å²) in [5, 5.41) is 24.0. The Bertz CT molecular complexity index is 4760. The average molecular weight is 1580 g/mol. The van der Waals surface area contributed by atoms with E-state index in [0.717, 1.165) is 9.21 Å². The first-order valence-electron chi connectivity index (χ1n) is 25.0.